The highest BCUT2D eigenvalue weighted by Crippen LogP contribution is 2.30. The van der Waals surface area contributed by atoms with Gasteiger partial charge in [-0.15, -0.1) is 5.73 Å². The van der Waals surface area contributed by atoms with Gasteiger partial charge in [0.05, 0.1) is 10.0 Å². The monoisotopic (exact) mass is 270 g/mol. The van der Waals surface area contributed by atoms with Crippen molar-refractivity contribution >= 4 is 29.0 Å². The van der Waals surface area contributed by atoms with Crippen molar-refractivity contribution < 1.29 is 9.90 Å². The lowest BCUT2D eigenvalue weighted by Gasteiger charge is -2.08. The topological polar surface area (TPSA) is 37.3 Å². The van der Waals surface area contributed by atoms with Gasteiger partial charge in [0.15, 0.2) is 5.78 Å². The van der Waals surface area contributed by atoms with Crippen LogP contribution in [0.1, 0.15) is 25.5 Å². The van der Waals surface area contributed by atoms with Crippen LogP contribution in [0.5, 0.6) is 0 Å². The highest BCUT2D eigenvalue weighted by Gasteiger charge is 2.10. The zero-order valence-corrected chi connectivity index (χ0v) is 11.0. The molecule has 0 amide bonds. The summed E-state index contributed by atoms with van der Waals surface area (Å²) in [5.41, 5.74) is 3.65. The Morgan fingerprint density at radius 2 is 2.06 bits per heavy atom. The van der Waals surface area contributed by atoms with Gasteiger partial charge in [0.2, 0.25) is 0 Å². The molecule has 0 radical (unpaired) electrons. The highest BCUT2D eigenvalue weighted by molar-refractivity contribution is 6.42. The number of hydrogen-bond acceptors (Lipinski definition) is 2. The molecule has 0 aliphatic rings. The van der Waals surface area contributed by atoms with Gasteiger partial charge < -0.3 is 5.11 Å². The summed E-state index contributed by atoms with van der Waals surface area (Å²) in [6.07, 6.45) is 0.448. The van der Waals surface area contributed by atoms with E-state index in [1.807, 2.05) is 0 Å². The second-order valence-electron chi connectivity index (χ2n) is 3.58. The SMILES string of the molecule is CC(=O)C(C)=C=CC(O)c1cccc(Cl)c1Cl. The number of benzene rings is 1. The summed E-state index contributed by atoms with van der Waals surface area (Å²) >= 11 is 11.8. The summed E-state index contributed by atoms with van der Waals surface area (Å²) < 4.78 is 0. The van der Waals surface area contributed by atoms with E-state index in [0.29, 0.717) is 21.2 Å². The van der Waals surface area contributed by atoms with Gasteiger partial charge in [0.25, 0.3) is 0 Å². The first-order valence-corrected chi connectivity index (χ1v) is 5.75. The zero-order valence-electron chi connectivity index (χ0n) is 9.50. The van der Waals surface area contributed by atoms with Crippen LogP contribution in [0.3, 0.4) is 0 Å². The number of carbonyl (C=O) groups is 1. The molecule has 0 heterocycles. The first kappa shape index (κ1) is 14.0. The van der Waals surface area contributed by atoms with E-state index in [1.54, 1.807) is 25.1 Å². The Kier molecular flexibility index (Phi) is 4.98. The molecule has 0 aliphatic carbocycles. The summed E-state index contributed by atoms with van der Waals surface area (Å²) in [5.74, 6) is -0.0920. The van der Waals surface area contributed by atoms with Crippen LogP contribution in [-0.4, -0.2) is 10.9 Å². The molecule has 0 aliphatic heterocycles. The number of aliphatic hydroxyl groups is 1. The van der Waals surface area contributed by atoms with Gasteiger partial charge in [0.1, 0.15) is 6.10 Å². The van der Waals surface area contributed by atoms with E-state index < -0.39 is 6.10 Å². The lowest BCUT2D eigenvalue weighted by molar-refractivity contribution is -0.113. The quantitative estimate of drug-likeness (QED) is 0.672. The van der Waals surface area contributed by atoms with Crippen molar-refractivity contribution in [3.63, 3.8) is 0 Å². The third kappa shape index (κ3) is 3.72. The van der Waals surface area contributed by atoms with Gasteiger partial charge in [-0.25, -0.2) is 0 Å². The Hall–Kier alpha value is -1.05. The van der Waals surface area contributed by atoms with Crippen LogP contribution >= 0.6 is 23.2 Å². The third-order valence-electron chi connectivity index (χ3n) is 2.29. The van der Waals surface area contributed by atoms with E-state index in [1.165, 1.54) is 13.0 Å². The van der Waals surface area contributed by atoms with Crippen molar-refractivity contribution in [2.45, 2.75) is 20.0 Å². The molecule has 1 atom stereocenters. The predicted molar refractivity (Wildman–Crippen MR) is 69.4 cm³/mol. The van der Waals surface area contributed by atoms with Crippen LogP contribution in [0.25, 0.3) is 0 Å². The number of hydrogen-bond donors (Lipinski definition) is 1. The van der Waals surface area contributed by atoms with E-state index in [2.05, 4.69) is 5.73 Å². The minimum absolute atomic E-state index is 0.0920. The van der Waals surface area contributed by atoms with Crippen LogP contribution in [0.15, 0.2) is 35.6 Å². The van der Waals surface area contributed by atoms with E-state index in [-0.39, 0.29) is 5.78 Å². The minimum atomic E-state index is -0.935. The van der Waals surface area contributed by atoms with Crippen LogP contribution in [0.2, 0.25) is 10.0 Å². The number of carbonyl (C=O) groups excluding carboxylic acids is 1. The van der Waals surface area contributed by atoms with Gasteiger partial charge in [-0.05, 0) is 26.0 Å². The summed E-state index contributed by atoms with van der Waals surface area (Å²) in [5, 5.41) is 10.6. The second-order valence-corrected chi connectivity index (χ2v) is 4.37. The lowest BCUT2D eigenvalue weighted by atomic mass is 10.1. The summed E-state index contributed by atoms with van der Waals surface area (Å²) in [6, 6.07) is 5.00. The van der Waals surface area contributed by atoms with E-state index >= 15 is 0 Å². The summed E-state index contributed by atoms with van der Waals surface area (Å²) in [4.78, 5) is 11.0. The summed E-state index contributed by atoms with van der Waals surface area (Å²) in [7, 11) is 0. The Bertz CT molecular complexity index is 500. The molecule has 0 saturated heterocycles. The Morgan fingerprint density at radius 1 is 1.41 bits per heavy atom. The number of rotatable bonds is 3. The van der Waals surface area contributed by atoms with Crippen LogP contribution in [0, 0.1) is 0 Å². The fourth-order valence-corrected chi connectivity index (χ4v) is 1.56. The molecule has 0 fully saturated rings. The van der Waals surface area contributed by atoms with Crippen molar-refractivity contribution in [1.29, 1.82) is 0 Å². The van der Waals surface area contributed by atoms with Crippen LogP contribution < -0.4 is 0 Å². The van der Waals surface area contributed by atoms with Gasteiger partial charge in [-0.2, -0.15) is 0 Å². The first-order valence-electron chi connectivity index (χ1n) is 4.99. The predicted octanol–water partition coefficient (Wildman–Crippen LogP) is 3.72. The molecule has 1 N–H and O–H groups in total. The van der Waals surface area contributed by atoms with Crippen molar-refractivity contribution in [2.24, 2.45) is 0 Å². The fraction of sp³-hybridized carbons (Fsp3) is 0.231. The van der Waals surface area contributed by atoms with Crippen molar-refractivity contribution in [1.82, 2.24) is 0 Å². The Morgan fingerprint density at radius 3 is 2.65 bits per heavy atom. The van der Waals surface area contributed by atoms with Crippen molar-refractivity contribution in [2.75, 3.05) is 0 Å². The maximum Gasteiger partial charge on any atom is 0.163 e. The van der Waals surface area contributed by atoms with Crippen molar-refractivity contribution in [3.8, 4) is 0 Å². The molecule has 0 aromatic heterocycles. The molecule has 1 rings (SSSR count). The largest absolute Gasteiger partial charge is 0.384 e. The molecule has 17 heavy (non-hydrogen) atoms. The van der Waals surface area contributed by atoms with Gasteiger partial charge in [0, 0.05) is 11.1 Å². The number of halogens is 2. The smallest absolute Gasteiger partial charge is 0.163 e. The molecular weight excluding hydrogens is 259 g/mol. The van der Waals surface area contributed by atoms with E-state index in [9.17, 15) is 9.90 Å². The molecule has 0 spiro atoms. The number of Topliss-reactive ketones (excluding diaryl/α,β-unsaturated/α-hetero) is 1. The van der Waals surface area contributed by atoms with Gasteiger partial charge >= 0.3 is 0 Å². The molecule has 1 aromatic carbocycles. The van der Waals surface area contributed by atoms with E-state index in [0.717, 1.165) is 0 Å². The molecule has 4 heteroatoms. The van der Waals surface area contributed by atoms with Crippen LogP contribution in [0.4, 0.5) is 0 Å². The molecule has 1 unspecified atom stereocenters. The van der Waals surface area contributed by atoms with Gasteiger partial charge in [-0.1, -0.05) is 35.3 Å². The van der Waals surface area contributed by atoms with Crippen molar-refractivity contribution in [3.05, 3.63) is 51.2 Å². The minimum Gasteiger partial charge on any atom is -0.384 e. The molecular formula is C13H12Cl2O2. The molecule has 90 valence electrons. The molecule has 2 nitrogen and oxygen atoms in total. The Labute approximate surface area is 110 Å². The zero-order chi connectivity index (χ0) is 13.0. The second kappa shape index (κ2) is 6.04. The fourth-order valence-electron chi connectivity index (χ4n) is 1.14. The number of ketones is 1. The number of aliphatic hydroxyl groups excluding tert-OH is 1. The Balaban J connectivity index is 3.06. The highest BCUT2D eigenvalue weighted by atomic mass is 35.5. The first-order chi connectivity index (χ1) is 7.93. The third-order valence-corrected chi connectivity index (χ3v) is 3.12. The maximum atomic E-state index is 11.0. The lowest BCUT2D eigenvalue weighted by Crippen LogP contribution is -1.95. The molecule has 0 saturated carbocycles. The van der Waals surface area contributed by atoms with Gasteiger partial charge in [-0.3, -0.25) is 4.79 Å². The van der Waals surface area contributed by atoms with E-state index in [4.69, 9.17) is 23.2 Å². The van der Waals surface area contributed by atoms with Crippen LogP contribution in [-0.2, 0) is 4.79 Å². The normalized spacial score (nSPS) is 11.6. The standard InChI is InChI=1S/C13H12Cl2O2/c1-8(9(2)16)6-7-12(17)10-4-3-5-11(14)13(10)15/h3-5,7,12,17H,1-2H3. The summed E-state index contributed by atoms with van der Waals surface area (Å²) in [6.45, 7) is 3.07. The average Bonchev–Trinajstić information content (AvgIpc) is 2.29. The molecule has 0 bridgehead atoms. The maximum absolute atomic E-state index is 11.0. The average molecular weight is 271 g/mol. The molecule has 1 aromatic rings.